The average molecular weight is 299 g/mol. The first-order valence-electron chi connectivity index (χ1n) is 6.94. The van der Waals surface area contributed by atoms with E-state index in [2.05, 4.69) is 5.32 Å². The van der Waals surface area contributed by atoms with E-state index in [-0.39, 0.29) is 18.5 Å². The predicted molar refractivity (Wildman–Crippen MR) is 81.8 cm³/mol. The summed E-state index contributed by atoms with van der Waals surface area (Å²) < 4.78 is 5.17. The van der Waals surface area contributed by atoms with E-state index in [9.17, 15) is 4.79 Å². The van der Waals surface area contributed by atoms with Crippen LogP contribution in [0.3, 0.4) is 0 Å². The van der Waals surface area contributed by atoms with Crippen LogP contribution in [0.4, 0.5) is 4.79 Å². The first kappa shape index (κ1) is 16.8. The third kappa shape index (κ3) is 5.80. The number of rotatable bonds is 4. The largest absolute Gasteiger partial charge is 0.445 e. The number of amides is 1. The van der Waals surface area contributed by atoms with Crippen molar-refractivity contribution in [1.29, 1.82) is 0 Å². The molecule has 1 aromatic rings. The van der Waals surface area contributed by atoms with E-state index in [1.54, 1.807) is 0 Å². The summed E-state index contributed by atoms with van der Waals surface area (Å²) in [6, 6.07) is 10.0. The van der Waals surface area contributed by atoms with E-state index in [1.807, 2.05) is 30.3 Å². The van der Waals surface area contributed by atoms with Gasteiger partial charge in [0, 0.05) is 12.6 Å². The number of nitrogens with two attached hydrogens (primary N) is 1. The molecule has 0 unspecified atom stereocenters. The van der Waals surface area contributed by atoms with Gasteiger partial charge < -0.3 is 15.8 Å². The molecule has 0 aromatic heterocycles. The lowest BCUT2D eigenvalue weighted by Gasteiger charge is -2.25. The Kier molecular flexibility index (Phi) is 7.41. The summed E-state index contributed by atoms with van der Waals surface area (Å²) in [5.41, 5.74) is 6.85. The first-order valence-corrected chi connectivity index (χ1v) is 6.94. The van der Waals surface area contributed by atoms with Gasteiger partial charge in [0.15, 0.2) is 0 Å². The van der Waals surface area contributed by atoms with E-state index in [4.69, 9.17) is 10.5 Å². The maximum atomic E-state index is 11.6. The number of halogens is 1. The molecular weight excluding hydrogens is 276 g/mol. The third-order valence-corrected chi connectivity index (χ3v) is 3.64. The number of alkyl carbamates (subject to hydrolysis) is 1. The van der Waals surface area contributed by atoms with Gasteiger partial charge in [-0.25, -0.2) is 4.79 Å². The van der Waals surface area contributed by atoms with Crippen LogP contribution in [-0.2, 0) is 11.3 Å². The second-order valence-electron chi connectivity index (χ2n) is 5.22. The number of benzene rings is 1. The molecule has 0 spiro atoms. The summed E-state index contributed by atoms with van der Waals surface area (Å²) in [5, 5.41) is 2.84. The lowest BCUT2D eigenvalue weighted by atomic mass is 9.86. The van der Waals surface area contributed by atoms with Crippen molar-refractivity contribution in [2.24, 2.45) is 11.7 Å². The van der Waals surface area contributed by atoms with E-state index in [1.165, 1.54) is 0 Å². The first-order chi connectivity index (χ1) is 9.24. The zero-order valence-electron chi connectivity index (χ0n) is 11.6. The molecule has 1 fully saturated rings. The molecule has 0 radical (unpaired) electrons. The molecule has 0 atom stereocenters. The quantitative estimate of drug-likeness (QED) is 0.898. The van der Waals surface area contributed by atoms with Crippen LogP contribution in [0.25, 0.3) is 0 Å². The Morgan fingerprint density at radius 1 is 1.20 bits per heavy atom. The van der Waals surface area contributed by atoms with Gasteiger partial charge in [-0.3, -0.25) is 0 Å². The Labute approximate surface area is 126 Å². The fourth-order valence-electron chi connectivity index (χ4n) is 2.39. The summed E-state index contributed by atoms with van der Waals surface area (Å²) in [5.74, 6) is 0.545. The molecule has 112 valence electrons. The Hall–Kier alpha value is -1.26. The van der Waals surface area contributed by atoms with E-state index >= 15 is 0 Å². The Morgan fingerprint density at radius 2 is 1.85 bits per heavy atom. The monoisotopic (exact) mass is 298 g/mol. The minimum Gasteiger partial charge on any atom is -0.445 e. The minimum atomic E-state index is -0.335. The number of carbonyl (C=O) groups excluding carboxylic acids is 1. The SMILES string of the molecule is Cl.NC1CCC(CNC(=O)OCc2ccccc2)CC1. The Bertz CT molecular complexity index is 392. The van der Waals surface area contributed by atoms with Gasteiger partial charge in [0.2, 0.25) is 0 Å². The minimum absolute atomic E-state index is 0. The molecule has 1 amide bonds. The fraction of sp³-hybridized carbons (Fsp3) is 0.533. The fourth-order valence-corrected chi connectivity index (χ4v) is 2.39. The zero-order valence-corrected chi connectivity index (χ0v) is 12.4. The Balaban J connectivity index is 0.00000200. The van der Waals surface area contributed by atoms with Crippen molar-refractivity contribution >= 4 is 18.5 Å². The number of nitrogens with one attached hydrogen (secondary N) is 1. The normalized spacial score (nSPS) is 21.6. The summed E-state index contributed by atoms with van der Waals surface area (Å²) in [4.78, 5) is 11.6. The highest BCUT2D eigenvalue weighted by molar-refractivity contribution is 5.85. The predicted octanol–water partition coefficient (Wildman–Crippen LogP) is 2.85. The van der Waals surface area contributed by atoms with Gasteiger partial charge in [-0.15, -0.1) is 12.4 Å². The van der Waals surface area contributed by atoms with Gasteiger partial charge in [-0.2, -0.15) is 0 Å². The molecule has 0 bridgehead atoms. The molecular formula is C15H23ClN2O2. The van der Waals surface area contributed by atoms with Crippen molar-refractivity contribution in [3.05, 3.63) is 35.9 Å². The lowest BCUT2D eigenvalue weighted by Crippen LogP contribution is -2.34. The highest BCUT2D eigenvalue weighted by Gasteiger charge is 2.19. The van der Waals surface area contributed by atoms with Gasteiger partial charge in [-0.1, -0.05) is 30.3 Å². The van der Waals surface area contributed by atoms with Crippen LogP contribution >= 0.6 is 12.4 Å². The molecule has 0 heterocycles. The molecule has 0 aliphatic heterocycles. The summed E-state index contributed by atoms with van der Waals surface area (Å²) in [7, 11) is 0. The van der Waals surface area contributed by atoms with E-state index in [0.717, 1.165) is 31.2 Å². The van der Waals surface area contributed by atoms with E-state index < -0.39 is 0 Å². The maximum absolute atomic E-state index is 11.6. The number of ether oxygens (including phenoxy) is 1. The number of hydrogen-bond donors (Lipinski definition) is 2. The summed E-state index contributed by atoms with van der Waals surface area (Å²) >= 11 is 0. The number of carbonyl (C=O) groups is 1. The molecule has 3 N–H and O–H groups in total. The molecule has 2 rings (SSSR count). The van der Waals surface area contributed by atoms with Gasteiger partial charge in [0.05, 0.1) is 0 Å². The second-order valence-corrected chi connectivity index (χ2v) is 5.22. The van der Waals surface area contributed by atoms with Gasteiger partial charge >= 0.3 is 6.09 Å². The highest BCUT2D eigenvalue weighted by atomic mass is 35.5. The highest BCUT2D eigenvalue weighted by Crippen LogP contribution is 2.22. The smallest absolute Gasteiger partial charge is 0.407 e. The van der Waals surface area contributed by atoms with Crippen LogP contribution in [0.5, 0.6) is 0 Å². The van der Waals surface area contributed by atoms with Crippen LogP contribution in [0.1, 0.15) is 31.2 Å². The van der Waals surface area contributed by atoms with Crippen LogP contribution in [0.2, 0.25) is 0 Å². The number of hydrogen-bond acceptors (Lipinski definition) is 3. The molecule has 4 nitrogen and oxygen atoms in total. The summed E-state index contributed by atoms with van der Waals surface area (Å²) in [6.45, 7) is 1.02. The second kappa shape index (κ2) is 8.82. The van der Waals surface area contributed by atoms with Crippen LogP contribution in [-0.4, -0.2) is 18.7 Å². The van der Waals surface area contributed by atoms with Crippen molar-refractivity contribution in [2.45, 2.75) is 38.3 Å². The van der Waals surface area contributed by atoms with Gasteiger partial charge in [-0.05, 0) is 37.2 Å². The third-order valence-electron chi connectivity index (χ3n) is 3.64. The van der Waals surface area contributed by atoms with Gasteiger partial charge in [0.25, 0.3) is 0 Å². The van der Waals surface area contributed by atoms with Crippen LogP contribution in [0.15, 0.2) is 30.3 Å². The molecule has 5 heteroatoms. The zero-order chi connectivity index (χ0) is 13.5. The average Bonchev–Trinajstić information content (AvgIpc) is 2.45. The van der Waals surface area contributed by atoms with Crippen molar-refractivity contribution in [3.8, 4) is 0 Å². The molecule has 1 aliphatic carbocycles. The standard InChI is InChI=1S/C15H22N2O2.ClH/c16-14-8-6-12(7-9-14)10-17-15(18)19-11-13-4-2-1-3-5-13;/h1-5,12,14H,6-11,16H2,(H,17,18);1H. The van der Waals surface area contributed by atoms with Crippen molar-refractivity contribution in [2.75, 3.05) is 6.54 Å². The Morgan fingerprint density at radius 3 is 2.50 bits per heavy atom. The molecule has 1 saturated carbocycles. The molecule has 20 heavy (non-hydrogen) atoms. The van der Waals surface area contributed by atoms with Gasteiger partial charge in [0.1, 0.15) is 6.61 Å². The summed E-state index contributed by atoms with van der Waals surface area (Å²) in [6.07, 6.45) is 3.98. The van der Waals surface area contributed by atoms with Crippen LogP contribution in [0, 0.1) is 5.92 Å². The maximum Gasteiger partial charge on any atom is 0.407 e. The van der Waals surface area contributed by atoms with Crippen molar-refractivity contribution < 1.29 is 9.53 Å². The lowest BCUT2D eigenvalue weighted by molar-refractivity contribution is 0.136. The molecule has 1 aliphatic rings. The molecule has 1 aromatic carbocycles. The van der Waals surface area contributed by atoms with Crippen molar-refractivity contribution in [1.82, 2.24) is 5.32 Å². The van der Waals surface area contributed by atoms with Crippen LogP contribution < -0.4 is 11.1 Å². The van der Waals surface area contributed by atoms with E-state index in [0.29, 0.717) is 25.1 Å². The van der Waals surface area contributed by atoms with Crippen molar-refractivity contribution in [3.63, 3.8) is 0 Å². The topological polar surface area (TPSA) is 64.3 Å². The molecule has 0 saturated heterocycles.